The van der Waals surface area contributed by atoms with Gasteiger partial charge in [-0.15, -0.1) is 0 Å². The van der Waals surface area contributed by atoms with Crippen molar-refractivity contribution in [2.75, 3.05) is 19.5 Å². The molecule has 0 aliphatic carbocycles. The SMILES string of the molecule is COc1ccc(CC(=O)Nc2cc(C=O)ccc2F)cc1OC. The smallest absolute Gasteiger partial charge is 0.228 e. The van der Waals surface area contributed by atoms with Crippen molar-refractivity contribution >= 4 is 17.9 Å². The van der Waals surface area contributed by atoms with Gasteiger partial charge in [-0.1, -0.05) is 6.07 Å². The maximum atomic E-state index is 13.7. The summed E-state index contributed by atoms with van der Waals surface area (Å²) in [5.41, 5.74) is 0.944. The van der Waals surface area contributed by atoms with E-state index in [1.54, 1.807) is 18.2 Å². The second-order valence-corrected chi connectivity index (χ2v) is 4.77. The number of halogens is 1. The highest BCUT2D eigenvalue weighted by atomic mass is 19.1. The summed E-state index contributed by atoms with van der Waals surface area (Å²) in [6.45, 7) is 0. The van der Waals surface area contributed by atoms with E-state index in [1.807, 2.05) is 0 Å². The zero-order valence-corrected chi connectivity index (χ0v) is 12.8. The van der Waals surface area contributed by atoms with E-state index in [2.05, 4.69) is 5.32 Å². The monoisotopic (exact) mass is 317 g/mol. The van der Waals surface area contributed by atoms with Gasteiger partial charge in [-0.25, -0.2) is 4.39 Å². The molecule has 0 saturated heterocycles. The molecule has 0 spiro atoms. The van der Waals surface area contributed by atoms with Crippen LogP contribution in [0.4, 0.5) is 10.1 Å². The molecule has 0 aliphatic heterocycles. The Morgan fingerprint density at radius 2 is 1.87 bits per heavy atom. The summed E-state index contributed by atoms with van der Waals surface area (Å²) in [6, 6.07) is 8.85. The van der Waals surface area contributed by atoms with Crippen LogP contribution in [0.25, 0.3) is 0 Å². The van der Waals surface area contributed by atoms with Gasteiger partial charge >= 0.3 is 0 Å². The highest BCUT2D eigenvalue weighted by Crippen LogP contribution is 2.27. The highest BCUT2D eigenvalue weighted by Gasteiger charge is 2.11. The molecule has 0 aromatic heterocycles. The maximum Gasteiger partial charge on any atom is 0.228 e. The van der Waals surface area contributed by atoms with Crippen molar-refractivity contribution < 1.29 is 23.5 Å². The number of amides is 1. The van der Waals surface area contributed by atoms with Crippen molar-refractivity contribution in [1.29, 1.82) is 0 Å². The Kier molecular flexibility index (Phi) is 5.30. The summed E-state index contributed by atoms with van der Waals surface area (Å²) in [5, 5.41) is 2.45. The fraction of sp³-hybridized carbons (Fsp3) is 0.176. The minimum absolute atomic E-state index is 0.0277. The number of hydrogen-bond donors (Lipinski definition) is 1. The standard InChI is InChI=1S/C17H16FNO4/c1-22-15-6-4-11(8-16(15)23-2)9-17(21)19-14-7-12(10-20)3-5-13(14)18/h3-8,10H,9H2,1-2H3,(H,19,21). The van der Waals surface area contributed by atoms with Crippen LogP contribution >= 0.6 is 0 Å². The zero-order chi connectivity index (χ0) is 16.8. The maximum absolute atomic E-state index is 13.7. The number of aldehydes is 1. The molecule has 120 valence electrons. The van der Waals surface area contributed by atoms with Gasteiger partial charge in [0.25, 0.3) is 0 Å². The molecule has 23 heavy (non-hydrogen) atoms. The van der Waals surface area contributed by atoms with Crippen LogP contribution in [0.2, 0.25) is 0 Å². The Morgan fingerprint density at radius 1 is 1.13 bits per heavy atom. The van der Waals surface area contributed by atoms with Crippen LogP contribution in [0.1, 0.15) is 15.9 Å². The number of methoxy groups -OCH3 is 2. The van der Waals surface area contributed by atoms with Gasteiger partial charge in [0.15, 0.2) is 11.5 Å². The molecule has 0 atom stereocenters. The summed E-state index contributed by atoms with van der Waals surface area (Å²) in [7, 11) is 3.02. The molecule has 2 aromatic rings. The molecule has 0 unspecified atom stereocenters. The summed E-state index contributed by atoms with van der Waals surface area (Å²) in [4.78, 5) is 22.8. The first-order valence-electron chi connectivity index (χ1n) is 6.83. The summed E-state index contributed by atoms with van der Waals surface area (Å²) in [5.74, 6) is 0.0590. The molecule has 0 saturated carbocycles. The van der Waals surface area contributed by atoms with Crippen molar-refractivity contribution in [3.8, 4) is 11.5 Å². The van der Waals surface area contributed by atoms with Gasteiger partial charge in [0.2, 0.25) is 5.91 Å². The number of nitrogens with one attached hydrogen (secondary N) is 1. The van der Waals surface area contributed by atoms with E-state index >= 15 is 0 Å². The molecule has 1 N–H and O–H groups in total. The minimum Gasteiger partial charge on any atom is -0.493 e. The van der Waals surface area contributed by atoms with Crippen LogP contribution in [-0.4, -0.2) is 26.4 Å². The van der Waals surface area contributed by atoms with Crippen LogP contribution in [0.15, 0.2) is 36.4 Å². The molecular formula is C17H16FNO4. The fourth-order valence-corrected chi connectivity index (χ4v) is 2.08. The Balaban J connectivity index is 2.12. The predicted molar refractivity (Wildman–Crippen MR) is 83.7 cm³/mol. The van der Waals surface area contributed by atoms with Gasteiger partial charge in [-0.05, 0) is 35.9 Å². The van der Waals surface area contributed by atoms with E-state index in [0.29, 0.717) is 23.3 Å². The fourth-order valence-electron chi connectivity index (χ4n) is 2.08. The lowest BCUT2D eigenvalue weighted by molar-refractivity contribution is -0.115. The van der Waals surface area contributed by atoms with Crippen LogP contribution in [0, 0.1) is 5.82 Å². The second-order valence-electron chi connectivity index (χ2n) is 4.77. The Labute approximate surface area is 133 Å². The third kappa shape index (κ3) is 4.06. The Bertz CT molecular complexity index is 731. The highest BCUT2D eigenvalue weighted by molar-refractivity contribution is 5.93. The first-order valence-corrected chi connectivity index (χ1v) is 6.83. The van der Waals surface area contributed by atoms with E-state index in [0.717, 1.165) is 6.07 Å². The van der Waals surface area contributed by atoms with Crippen LogP contribution in [0.3, 0.4) is 0 Å². The molecule has 0 radical (unpaired) electrons. The Morgan fingerprint density at radius 3 is 2.52 bits per heavy atom. The molecule has 1 amide bonds. The third-order valence-corrected chi connectivity index (χ3v) is 3.21. The lowest BCUT2D eigenvalue weighted by atomic mass is 10.1. The van der Waals surface area contributed by atoms with Crippen LogP contribution in [-0.2, 0) is 11.2 Å². The quantitative estimate of drug-likeness (QED) is 0.832. The Hall–Kier alpha value is -2.89. The zero-order valence-electron chi connectivity index (χ0n) is 12.8. The summed E-state index contributed by atoms with van der Waals surface area (Å²) in [6.07, 6.45) is 0.620. The number of rotatable bonds is 6. The van der Waals surface area contributed by atoms with E-state index in [9.17, 15) is 14.0 Å². The largest absolute Gasteiger partial charge is 0.493 e. The lowest BCUT2D eigenvalue weighted by Gasteiger charge is -2.10. The van der Waals surface area contributed by atoms with Gasteiger partial charge in [-0.2, -0.15) is 0 Å². The van der Waals surface area contributed by atoms with Gasteiger partial charge in [0.1, 0.15) is 12.1 Å². The number of benzene rings is 2. The van der Waals surface area contributed by atoms with Gasteiger partial charge in [-0.3, -0.25) is 9.59 Å². The molecule has 5 nitrogen and oxygen atoms in total. The molecule has 0 bridgehead atoms. The summed E-state index contributed by atoms with van der Waals surface area (Å²) < 4.78 is 24.0. The molecular weight excluding hydrogens is 301 g/mol. The minimum atomic E-state index is -0.601. The average Bonchev–Trinajstić information content (AvgIpc) is 2.56. The third-order valence-electron chi connectivity index (χ3n) is 3.21. The predicted octanol–water partition coefficient (Wildman–Crippen LogP) is 2.84. The van der Waals surface area contributed by atoms with E-state index in [1.165, 1.54) is 26.4 Å². The molecule has 2 rings (SSSR count). The van der Waals surface area contributed by atoms with E-state index in [-0.39, 0.29) is 17.7 Å². The van der Waals surface area contributed by atoms with Crippen molar-refractivity contribution in [1.82, 2.24) is 0 Å². The summed E-state index contributed by atoms with van der Waals surface area (Å²) >= 11 is 0. The van der Waals surface area contributed by atoms with Crippen LogP contribution < -0.4 is 14.8 Å². The normalized spacial score (nSPS) is 10.0. The van der Waals surface area contributed by atoms with Gasteiger partial charge < -0.3 is 14.8 Å². The molecule has 2 aromatic carbocycles. The number of anilines is 1. The molecule has 6 heteroatoms. The molecule has 0 fully saturated rings. The number of carbonyl (C=O) groups is 2. The van der Waals surface area contributed by atoms with Crippen molar-refractivity contribution in [3.63, 3.8) is 0 Å². The van der Waals surface area contributed by atoms with Crippen LogP contribution in [0.5, 0.6) is 11.5 Å². The van der Waals surface area contributed by atoms with Crippen molar-refractivity contribution in [2.45, 2.75) is 6.42 Å². The molecule has 0 heterocycles. The lowest BCUT2D eigenvalue weighted by Crippen LogP contribution is -2.15. The molecule has 0 aliphatic rings. The van der Waals surface area contributed by atoms with Crippen molar-refractivity contribution in [3.05, 3.63) is 53.3 Å². The van der Waals surface area contributed by atoms with Crippen molar-refractivity contribution in [2.24, 2.45) is 0 Å². The van der Waals surface area contributed by atoms with E-state index in [4.69, 9.17) is 9.47 Å². The second kappa shape index (κ2) is 7.40. The number of hydrogen-bond acceptors (Lipinski definition) is 4. The first-order chi connectivity index (χ1) is 11.1. The van der Waals surface area contributed by atoms with E-state index < -0.39 is 11.7 Å². The van der Waals surface area contributed by atoms with Gasteiger partial charge in [0, 0.05) is 5.56 Å². The number of carbonyl (C=O) groups excluding carboxylic acids is 2. The topological polar surface area (TPSA) is 64.6 Å². The number of ether oxygens (including phenoxy) is 2. The first kappa shape index (κ1) is 16.5. The average molecular weight is 317 g/mol. The van der Waals surface area contributed by atoms with Gasteiger partial charge in [0.05, 0.1) is 26.3 Å².